The van der Waals surface area contributed by atoms with E-state index in [4.69, 9.17) is 0 Å². The lowest BCUT2D eigenvalue weighted by Crippen LogP contribution is -2.14. The van der Waals surface area contributed by atoms with Gasteiger partial charge in [-0.3, -0.25) is 4.79 Å². The number of ketones is 1. The molecule has 0 aliphatic heterocycles. The summed E-state index contributed by atoms with van der Waals surface area (Å²) in [5.74, 6) is 0.00726. The predicted octanol–water partition coefficient (Wildman–Crippen LogP) is 1.98. The van der Waals surface area contributed by atoms with E-state index in [2.05, 4.69) is 12.6 Å². The zero-order valence-corrected chi connectivity index (χ0v) is 10.9. The third-order valence-corrected chi connectivity index (χ3v) is 4.73. The van der Waals surface area contributed by atoms with Crippen LogP contribution in [0.2, 0.25) is 0 Å². The molecule has 0 saturated carbocycles. The summed E-state index contributed by atoms with van der Waals surface area (Å²) in [5, 5.41) is -0.459. The lowest BCUT2D eigenvalue weighted by Gasteiger charge is -2.07. The van der Waals surface area contributed by atoms with Gasteiger partial charge in [0.25, 0.3) is 0 Å². The van der Waals surface area contributed by atoms with Crippen molar-refractivity contribution in [3.05, 3.63) is 29.8 Å². The highest BCUT2D eigenvalue weighted by molar-refractivity contribution is 7.92. The van der Waals surface area contributed by atoms with E-state index in [1.54, 1.807) is 13.8 Å². The highest BCUT2D eigenvalue weighted by atomic mass is 32.2. The molecule has 0 radical (unpaired) electrons. The Morgan fingerprint density at radius 2 is 1.75 bits per heavy atom. The standard InChI is InChI=1S/C11H14O3S2/c1-8(2)16(13,14)10-5-3-9(4-6-10)11(12)7-15/h3-6,8,15H,7H2,1-2H3. The van der Waals surface area contributed by atoms with Crippen LogP contribution in [0.5, 0.6) is 0 Å². The summed E-state index contributed by atoms with van der Waals surface area (Å²) in [7, 11) is -3.26. The first-order valence-corrected chi connectivity index (χ1v) is 7.05. The quantitative estimate of drug-likeness (QED) is 0.663. The van der Waals surface area contributed by atoms with Gasteiger partial charge in [-0.2, -0.15) is 12.6 Å². The summed E-state index contributed by atoms with van der Waals surface area (Å²) in [6.45, 7) is 3.25. The highest BCUT2D eigenvalue weighted by Crippen LogP contribution is 2.16. The zero-order valence-electron chi connectivity index (χ0n) is 9.17. The fourth-order valence-corrected chi connectivity index (χ4v) is 2.44. The summed E-state index contributed by atoms with van der Waals surface area (Å²) in [4.78, 5) is 11.5. The molecule has 0 aliphatic rings. The van der Waals surface area contributed by atoms with Crippen LogP contribution in [-0.2, 0) is 9.84 Å². The lowest BCUT2D eigenvalue weighted by molar-refractivity contribution is 0.102. The predicted molar refractivity (Wildman–Crippen MR) is 66.9 cm³/mol. The maximum Gasteiger partial charge on any atom is 0.180 e. The van der Waals surface area contributed by atoms with Crippen molar-refractivity contribution in [2.75, 3.05) is 5.75 Å². The van der Waals surface area contributed by atoms with Crippen molar-refractivity contribution in [1.82, 2.24) is 0 Å². The van der Waals surface area contributed by atoms with E-state index in [9.17, 15) is 13.2 Å². The van der Waals surface area contributed by atoms with Crippen molar-refractivity contribution in [1.29, 1.82) is 0 Å². The van der Waals surface area contributed by atoms with Gasteiger partial charge in [-0.15, -0.1) is 0 Å². The second kappa shape index (κ2) is 5.01. The zero-order chi connectivity index (χ0) is 12.3. The molecule has 1 aromatic carbocycles. The first-order valence-electron chi connectivity index (χ1n) is 4.87. The maximum absolute atomic E-state index is 11.8. The van der Waals surface area contributed by atoms with Crippen LogP contribution >= 0.6 is 12.6 Å². The van der Waals surface area contributed by atoms with Gasteiger partial charge in [0.2, 0.25) is 0 Å². The van der Waals surface area contributed by atoms with Crippen LogP contribution in [0.25, 0.3) is 0 Å². The molecule has 16 heavy (non-hydrogen) atoms. The van der Waals surface area contributed by atoms with E-state index in [1.807, 2.05) is 0 Å². The molecule has 1 rings (SSSR count). The van der Waals surface area contributed by atoms with Gasteiger partial charge in [0, 0.05) is 5.56 Å². The molecular formula is C11H14O3S2. The largest absolute Gasteiger partial charge is 0.293 e. The first kappa shape index (κ1) is 13.3. The van der Waals surface area contributed by atoms with Crippen LogP contribution in [0.3, 0.4) is 0 Å². The molecule has 3 nitrogen and oxygen atoms in total. The van der Waals surface area contributed by atoms with E-state index in [-0.39, 0.29) is 16.4 Å². The highest BCUT2D eigenvalue weighted by Gasteiger charge is 2.19. The molecule has 0 N–H and O–H groups in total. The van der Waals surface area contributed by atoms with Gasteiger partial charge < -0.3 is 0 Å². The van der Waals surface area contributed by atoms with Gasteiger partial charge in [0.05, 0.1) is 15.9 Å². The molecule has 0 spiro atoms. The van der Waals surface area contributed by atoms with E-state index in [0.717, 1.165) is 0 Å². The van der Waals surface area contributed by atoms with Crippen LogP contribution in [0.15, 0.2) is 29.2 Å². The Kier molecular flexibility index (Phi) is 4.15. The first-order chi connectivity index (χ1) is 7.39. The minimum Gasteiger partial charge on any atom is -0.293 e. The molecule has 0 heterocycles. The molecule has 1 aromatic rings. The fourth-order valence-electron chi connectivity index (χ4n) is 1.19. The number of Topliss-reactive ketones (excluding diaryl/α,β-unsaturated/α-hetero) is 1. The summed E-state index contributed by atoms with van der Waals surface area (Å²) < 4.78 is 23.6. The number of sulfone groups is 1. The molecule has 0 aliphatic carbocycles. The monoisotopic (exact) mass is 258 g/mol. The minimum absolute atomic E-state index is 0.114. The van der Waals surface area contributed by atoms with Gasteiger partial charge in [-0.25, -0.2) is 8.42 Å². The third kappa shape index (κ3) is 2.65. The van der Waals surface area contributed by atoms with Gasteiger partial charge in [-0.1, -0.05) is 12.1 Å². The van der Waals surface area contributed by atoms with Crippen molar-refractivity contribution in [3.8, 4) is 0 Å². The summed E-state index contributed by atoms with van der Waals surface area (Å²) in [5.41, 5.74) is 0.484. The van der Waals surface area contributed by atoms with E-state index in [1.165, 1.54) is 24.3 Å². The third-order valence-electron chi connectivity index (χ3n) is 2.27. The molecule has 0 bridgehead atoms. The number of hydrogen-bond donors (Lipinski definition) is 1. The molecule has 0 amide bonds. The molecule has 0 aromatic heterocycles. The van der Waals surface area contributed by atoms with Crippen molar-refractivity contribution in [2.24, 2.45) is 0 Å². The number of carbonyl (C=O) groups is 1. The van der Waals surface area contributed by atoms with Gasteiger partial charge >= 0.3 is 0 Å². The molecular weight excluding hydrogens is 244 g/mol. The molecule has 5 heteroatoms. The molecule has 0 unspecified atom stereocenters. The van der Waals surface area contributed by atoms with Gasteiger partial charge in [-0.05, 0) is 26.0 Å². The Labute approximate surface area is 101 Å². The Morgan fingerprint density at radius 3 is 2.12 bits per heavy atom. The lowest BCUT2D eigenvalue weighted by atomic mass is 10.1. The molecule has 88 valence electrons. The summed E-state index contributed by atoms with van der Waals surface area (Å²) in [6, 6.07) is 5.97. The number of carbonyl (C=O) groups excluding carboxylic acids is 1. The van der Waals surface area contributed by atoms with Crippen LogP contribution in [0.1, 0.15) is 24.2 Å². The SMILES string of the molecule is CC(C)S(=O)(=O)c1ccc(C(=O)CS)cc1. The normalized spacial score (nSPS) is 11.8. The summed E-state index contributed by atoms with van der Waals surface area (Å²) in [6.07, 6.45) is 0. The van der Waals surface area contributed by atoms with Crippen LogP contribution in [-0.4, -0.2) is 25.2 Å². The maximum atomic E-state index is 11.8. The van der Waals surface area contributed by atoms with Crippen LogP contribution < -0.4 is 0 Å². The fraction of sp³-hybridized carbons (Fsp3) is 0.364. The van der Waals surface area contributed by atoms with Crippen LogP contribution in [0, 0.1) is 0 Å². The average molecular weight is 258 g/mol. The molecule has 0 atom stereocenters. The van der Waals surface area contributed by atoms with Crippen molar-refractivity contribution < 1.29 is 13.2 Å². The topological polar surface area (TPSA) is 51.2 Å². The van der Waals surface area contributed by atoms with Crippen molar-refractivity contribution >= 4 is 28.2 Å². The second-order valence-electron chi connectivity index (χ2n) is 3.70. The number of hydrogen-bond acceptors (Lipinski definition) is 4. The number of rotatable bonds is 4. The number of thiol groups is 1. The Balaban J connectivity index is 3.10. The van der Waals surface area contributed by atoms with Crippen molar-refractivity contribution in [2.45, 2.75) is 24.0 Å². The van der Waals surface area contributed by atoms with E-state index in [0.29, 0.717) is 5.56 Å². The van der Waals surface area contributed by atoms with E-state index < -0.39 is 15.1 Å². The van der Waals surface area contributed by atoms with Gasteiger partial charge in [0.1, 0.15) is 0 Å². The van der Waals surface area contributed by atoms with E-state index >= 15 is 0 Å². The Hall–Kier alpha value is -0.810. The molecule has 0 fully saturated rings. The van der Waals surface area contributed by atoms with Gasteiger partial charge in [0.15, 0.2) is 15.6 Å². The average Bonchev–Trinajstić information content (AvgIpc) is 2.28. The van der Waals surface area contributed by atoms with Crippen molar-refractivity contribution in [3.63, 3.8) is 0 Å². The smallest absolute Gasteiger partial charge is 0.180 e. The second-order valence-corrected chi connectivity index (χ2v) is 6.52. The molecule has 0 saturated heterocycles. The minimum atomic E-state index is -3.26. The Morgan fingerprint density at radius 1 is 1.25 bits per heavy atom. The Bertz CT molecular complexity index is 472. The van der Waals surface area contributed by atoms with Crippen LogP contribution in [0.4, 0.5) is 0 Å². The number of benzene rings is 1. The summed E-state index contributed by atoms with van der Waals surface area (Å²) >= 11 is 3.87.